The summed E-state index contributed by atoms with van der Waals surface area (Å²) in [6.07, 6.45) is 2.39. The number of ether oxygens (including phenoxy) is 2. The van der Waals surface area contributed by atoms with Crippen LogP contribution in [0, 0.1) is 0 Å². The first-order valence-corrected chi connectivity index (χ1v) is 13.9. The van der Waals surface area contributed by atoms with Gasteiger partial charge in [0, 0.05) is 41.7 Å². The largest absolute Gasteiger partial charge is 0.497 e. The van der Waals surface area contributed by atoms with E-state index < -0.39 is 18.1 Å². The molecule has 3 aromatic carbocycles. The predicted molar refractivity (Wildman–Crippen MR) is 153 cm³/mol. The van der Waals surface area contributed by atoms with Crippen molar-refractivity contribution in [3.8, 4) is 5.75 Å². The lowest BCUT2D eigenvalue weighted by Crippen LogP contribution is -2.44. The number of aromatic amines is 1. The number of anilines is 1. The highest BCUT2D eigenvalue weighted by Gasteiger charge is 2.53. The topological polar surface area (TPSA) is 104 Å². The molecule has 2 saturated heterocycles. The van der Waals surface area contributed by atoms with E-state index in [1.807, 2.05) is 48.5 Å². The summed E-state index contributed by atoms with van der Waals surface area (Å²) in [5.41, 5.74) is 4.65. The van der Waals surface area contributed by atoms with E-state index in [-0.39, 0.29) is 17.9 Å². The van der Waals surface area contributed by atoms with Crippen molar-refractivity contribution in [1.29, 1.82) is 0 Å². The normalized spacial score (nSPS) is 21.7. The second-order valence-electron chi connectivity index (χ2n) is 10.7. The van der Waals surface area contributed by atoms with Crippen molar-refractivity contribution in [3.05, 3.63) is 95.2 Å². The molecule has 3 aliphatic heterocycles. The Balaban J connectivity index is 1.22. The molecule has 0 spiro atoms. The molecule has 0 radical (unpaired) electrons. The van der Waals surface area contributed by atoms with Gasteiger partial charge in [0.25, 0.3) is 11.8 Å². The Morgan fingerprint density at radius 1 is 1.07 bits per heavy atom. The maximum absolute atomic E-state index is 14.1. The van der Waals surface area contributed by atoms with Crippen molar-refractivity contribution < 1.29 is 23.9 Å². The Hall–Kier alpha value is -4.63. The number of imide groups is 1. The van der Waals surface area contributed by atoms with E-state index >= 15 is 0 Å². The predicted octanol–water partition coefficient (Wildman–Crippen LogP) is 4.57. The summed E-state index contributed by atoms with van der Waals surface area (Å²) in [5.74, 6) is 0.173. The second-order valence-corrected chi connectivity index (χ2v) is 10.7. The molecule has 4 aromatic rings. The van der Waals surface area contributed by atoms with Crippen LogP contribution in [0.25, 0.3) is 10.9 Å². The Morgan fingerprint density at radius 2 is 1.90 bits per heavy atom. The van der Waals surface area contributed by atoms with Gasteiger partial charge in [-0.15, -0.1) is 0 Å². The standard InChI is InChI=1S/C32H30N4O5/c1-40-22-7-4-6-20(16-22)29-28-25(24-9-2-3-10-26(24)34-28)17-27-31(38)35(32(39)36(27)29)21-13-11-19(12-14-21)30(37)33-18-23-8-5-15-41-23/h2-4,6-7,9-14,16,23,27,29,34H,5,8,15,17-18H2,1H3,(H,33,37)/t23-,27+,29+/m1/s1. The summed E-state index contributed by atoms with van der Waals surface area (Å²) in [4.78, 5) is 47.1. The summed E-state index contributed by atoms with van der Waals surface area (Å²) < 4.78 is 11.1. The monoisotopic (exact) mass is 550 g/mol. The molecule has 208 valence electrons. The number of carbonyl (C=O) groups excluding carboxylic acids is 3. The summed E-state index contributed by atoms with van der Waals surface area (Å²) in [6, 6.07) is 20.7. The van der Waals surface area contributed by atoms with Crippen LogP contribution in [0.1, 0.15) is 46.1 Å². The molecule has 0 aliphatic carbocycles. The highest BCUT2D eigenvalue weighted by atomic mass is 16.5. The molecule has 2 N–H and O–H groups in total. The summed E-state index contributed by atoms with van der Waals surface area (Å²) in [7, 11) is 1.61. The number of rotatable bonds is 6. The lowest BCUT2D eigenvalue weighted by atomic mass is 9.89. The number of nitrogens with one attached hydrogen (secondary N) is 2. The van der Waals surface area contributed by atoms with Gasteiger partial charge in [0.2, 0.25) is 0 Å². The number of benzene rings is 3. The third-order valence-corrected chi connectivity index (χ3v) is 8.36. The number of methoxy groups -OCH3 is 1. The minimum Gasteiger partial charge on any atom is -0.497 e. The van der Waals surface area contributed by atoms with Crippen molar-refractivity contribution in [3.63, 3.8) is 0 Å². The fourth-order valence-electron chi connectivity index (χ4n) is 6.35. The molecule has 41 heavy (non-hydrogen) atoms. The molecular formula is C32H30N4O5. The second kappa shape index (κ2) is 10.1. The Bertz CT molecular complexity index is 1660. The van der Waals surface area contributed by atoms with Crippen LogP contribution in [-0.4, -0.2) is 60.1 Å². The van der Waals surface area contributed by atoms with Gasteiger partial charge in [-0.25, -0.2) is 9.69 Å². The number of carbonyl (C=O) groups is 3. The number of aromatic nitrogens is 1. The van der Waals surface area contributed by atoms with Crippen molar-refractivity contribution in [2.45, 2.75) is 37.5 Å². The maximum atomic E-state index is 14.1. The number of amides is 4. The molecule has 0 saturated carbocycles. The first-order valence-electron chi connectivity index (χ1n) is 13.9. The van der Waals surface area contributed by atoms with Crippen LogP contribution >= 0.6 is 0 Å². The molecule has 1 aromatic heterocycles. The van der Waals surface area contributed by atoms with Gasteiger partial charge in [0.15, 0.2) is 0 Å². The fourth-order valence-corrected chi connectivity index (χ4v) is 6.35. The van der Waals surface area contributed by atoms with Crippen molar-refractivity contribution >= 4 is 34.4 Å². The lowest BCUT2D eigenvalue weighted by Gasteiger charge is -2.36. The van der Waals surface area contributed by atoms with Crippen LogP contribution in [0.4, 0.5) is 10.5 Å². The third kappa shape index (κ3) is 4.24. The SMILES string of the molecule is COc1cccc([C@H]2c3[nH]c4ccccc4c3C[C@H]3C(=O)N(c4ccc(C(=O)NC[C@H]5CCCO5)cc4)C(=O)N23)c1. The molecule has 4 heterocycles. The van der Waals surface area contributed by atoms with Gasteiger partial charge in [-0.3, -0.25) is 14.5 Å². The van der Waals surface area contributed by atoms with Gasteiger partial charge in [-0.1, -0.05) is 30.3 Å². The van der Waals surface area contributed by atoms with E-state index in [1.54, 1.807) is 36.3 Å². The number of urea groups is 1. The average molecular weight is 551 g/mol. The minimum absolute atomic E-state index is 0.0460. The zero-order valence-corrected chi connectivity index (χ0v) is 22.6. The summed E-state index contributed by atoms with van der Waals surface area (Å²) in [5, 5.41) is 3.96. The van der Waals surface area contributed by atoms with Gasteiger partial charge in [-0.2, -0.15) is 0 Å². The van der Waals surface area contributed by atoms with Crippen LogP contribution in [0.2, 0.25) is 0 Å². The first kappa shape index (κ1) is 25.3. The Labute approximate surface area is 237 Å². The van der Waals surface area contributed by atoms with Crippen molar-refractivity contribution in [2.24, 2.45) is 0 Å². The molecular weight excluding hydrogens is 520 g/mol. The number of nitrogens with zero attached hydrogens (tertiary/aromatic N) is 2. The minimum atomic E-state index is -0.667. The van der Waals surface area contributed by atoms with Crippen molar-refractivity contribution in [1.82, 2.24) is 15.2 Å². The Morgan fingerprint density at radius 3 is 2.68 bits per heavy atom. The number of hydrogen-bond donors (Lipinski definition) is 2. The molecule has 0 bridgehead atoms. The van der Waals surface area contributed by atoms with Crippen LogP contribution < -0.4 is 15.0 Å². The van der Waals surface area contributed by atoms with E-state index in [0.29, 0.717) is 30.0 Å². The zero-order chi connectivity index (χ0) is 28.1. The fraction of sp³-hybridized carbons (Fsp3) is 0.281. The molecule has 3 aliphatic rings. The molecule has 3 atom stereocenters. The first-order chi connectivity index (χ1) is 20.0. The number of hydrogen-bond acceptors (Lipinski definition) is 5. The average Bonchev–Trinajstić information content (AvgIpc) is 3.72. The molecule has 4 amide bonds. The number of H-pyrrole nitrogens is 1. The number of para-hydroxylation sites is 1. The maximum Gasteiger partial charge on any atom is 0.332 e. The number of fused-ring (bicyclic) bond motifs is 4. The highest BCUT2D eigenvalue weighted by molar-refractivity contribution is 6.22. The molecule has 0 unspecified atom stereocenters. The highest BCUT2D eigenvalue weighted by Crippen LogP contribution is 2.45. The molecule has 2 fully saturated rings. The van der Waals surface area contributed by atoms with E-state index in [9.17, 15) is 14.4 Å². The summed E-state index contributed by atoms with van der Waals surface area (Å²) in [6.45, 7) is 1.19. The molecule has 9 heteroatoms. The molecule has 9 nitrogen and oxygen atoms in total. The third-order valence-electron chi connectivity index (χ3n) is 8.36. The summed E-state index contributed by atoms with van der Waals surface area (Å²) >= 11 is 0. The van der Waals surface area contributed by atoms with Gasteiger partial charge >= 0.3 is 6.03 Å². The van der Waals surface area contributed by atoms with Crippen LogP contribution in [0.3, 0.4) is 0 Å². The van der Waals surface area contributed by atoms with Gasteiger partial charge in [-0.05, 0) is 66.4 Å². The van der Waals surface area contributed by atoms with E-state index in [2.05, 4.69) is 10.3 Å². The van der Waals surface area contributed by atoms with Gasteiger partial charge in [0.05, 0.1) is 18.9 Å². The van der Waals surface area contributed by atoms with Gasteiger partial charge in [0.1, 0.15) is 17.8 Å². The zero-order valence-electron chi connectivity index (χ0n) is 22.6. The van der Waals surface area contributed by atoms with E-state index in [1.165, 1.54) is 4.90 Å². The smallest absolute Gasteiger partial charge is 0.332 e. The van der Waals surface area contributed by atoms with Crippen LogP contribution in [-0.2, 0) is 16.0 Å². The van der Waals surface area contributed by atoms with E-state index in [4.69, 9.17) is 9.47 Å². The molecule has 7 rings (SSSR count). The van der Waals surface area contributed by atoms with Crippen molar-refractivity contribution in [2.75, 3.05) is 25.2 Å². The van der Waals surface area contributed by atoms with Gasteiger partial charge < -0.3 is 19.8 Å². The van der Waals surface area contributed by atoms with E-state index in [0.717, 1.165) is 47.2 Å². The lowest BCUT2D eigenvalue weighted by molar-refractivity contribution is -0.120. The van der Waals surface area contributed by atoms with Crippen LogP contribution in [0.15, 0.2) is 72.8 Å². The Kier molecular flexibility index (Phi) is 6.23. The van der Waals surface area contributed by atoms with Crippen LogP contribution in [0.5, 0.6) is 5.75 Å². The quantitative estimate of drug-likeness (QED) is 0.343.